The molecule has 2 heterocycles. The molecule has 1 aromatic heterocycles. The topological polar surface area (TPSA) is 95.7 Å². The molecule has 2 amide bonds. The second-order valence-corrected chi connectivity index (χ2v) is 8.07. The molecular formula is C21H27N3O4. The summed E-state index contributed by atoms with van der Waals surface area (Å²) in [5.41, 5.74) is 2.84. The fourth-order valence-electron chi connectivity index (χ4n) is 4.36. The number of aromatic nitrogens is 1. The van der Waals surface area contributed by atoms with Crippen LogP contribution in [0.1, 0.15) is 55.9 Å². The number of carbonyl (C=O) groups excluding carboxylic acids is 1. The van der Waals surface area contributed by atoms with Gasteiger partial charge in [-0.15, -0.1) is 0 Å². The summed E-state index contributed by atoms with van der Waals surface area (Å²) in [6.45, 7) is 3.38. The molecule has 1 aliphatic carbocycles. The Bertz CT molecular complexity index is 862. The number of oxazole rings is 1. The first-order chi connectivity index (χ1) is 13.5. The van der Waals surface area contributed by atoms with Gasteiger partial charge in [-0.05, 0) is 57.1 Å². The molecule has 2 fully saturated rings. The number of benzene rings is 1. The fourth-order valence-corrected chi connectivity index (χ4v) is 4.36. The van der Waals surface area contributed by atoms with Gasteiger partial charge in [-0.3, -0.25) is 4.79 Å². The number of para-hydroxylation sites is 1. The van der Waals surface area contributed by atoms with Gasteiger partial charge < -0.3 is 19.7 Å². The molecular weight excluding hydrogens is 358 g/mol. The van der Waals surface area contributed by atoms with E-state index in [0.717, 1.165) is 48.2 Å². The molecule has 7 heteroatoms. The third kappa shape index (κ3) is 3.84. The molecule has 1 saturated carbocycles. The molecule has 28 heavy (non-hydrogen) atoms. The highest BCUT2D eigenvalue weighted by molar-refractivity contribution is 5.76. The van der Waals surface area contributed by atoms with Crippen LogP contribution in [0.2, 0.25) is 0 Å². The van der Waals surface area contributed by atoms with E-state index < -0.39 is 5.97 Å². The van der Waals surface area contributed by atoms with E-state index in [2.05, 4.69) is 10.3 Å². The van der Waals surface area contributed by atoms with E-state index in [1.807, 2.05) is 30.0 Å². The summed E-state index contributed by atoms with van der Waals surface area (Å²) in [6.07, 6.45) is 4.43. The lowest BCUT2D eigenvalue weighted by Crippen LogP contribution is -2.48. The van der Waals surface area contributed by atoms with Gasteiger partial charge in [-0.25, -0.2) is 9.78 Å². The Labute approximate surface area is 164 Å². The van der Waals surface area contributed by atoms with Gasteiger partial charge in [0.05, 0.1) is 5.92 Å². The number of hydrogen-bond donors (Lipinski definition) is 2. The number of aliphatic carboxylic acids is 1. The summed E-state index contributed by atoms with van der Waals surface area (Å²) in [4.78, 5) is 30.1. The molecule has 4 rings (SSSR count). The van der Waals surface area contributed by atoms with Crippen LogP contribution in [0.25, 0.3) is 11.1 Å². The zero-order valence-corrected chi connectivity index (χ0v) is 16.2. The van der Waals surface area contributed by atoms with Crippen molar-refractivity contribution in [1.82, 2.24) is 15.2 Å². The highest BCUT2D eigenvalue weighted by atomic mass is 16.4. The van der Waals surface area contributed by atoms with Crippen molar-refractivity contribution in [2.24, 2.45) is 5.92 Å². The molecule has 0 bridgehead atoms. The van der Waals surface area contributed by atoms with Gasteiger partial charge in [-0.1, -0.05) is 12.1 Å². The first kappa shape index (κ1) is 18.8. The third-order valence-corrected chi connectivity index (χ3v) is 6.16. The monoisotopic (exact) mass is 385 g/mol. The standard InChI is InChI=1S/C21H27N3O4/c1-13-3-2-4-17-18(13)28-19(23-17)14-9-11-24(12-10-14)21(27)22-16-7-5-15(6-8-16)20(25)26/h2-4,14-16H,5-12H2,1H3,(H,22,27)(H,25,26). The maximum atomic E-state index is 12.6. The Morgan fingerprint density at radius 1 is 1.14 bits per heavy atom. The minimum atomic E-state index is -0.721. The molecule has 7 nitrogen and oxygen atoms in total. The number of likely N-dealkylation sites (tertiary alicyclic amines) is 1. The second-order valence-electron chi connectivity index (χ2n) is 8.07. The number of fused-ring (bicyclic) bond motifs is 1. The zero-order chi connectivity index (χ0) is 19.7. The number of carboxylic acid groups (broad SMARTS) is 1. The predicted octanol–water partition coefficient (Wildman–Crippen LogP) is 3.67. The van der Waals surface area contributed by atoms with Crippen molar-refractivity contribution in [3.05, 3.63) is 29.7 Å². The quantitative estimate of drug-likeness (QED) is 0.840. The molecule has 1 aromatic carbocycles. The summed E-state index contributed by atoms with van der Waals surface area (Å²) >= 11 is 0. The van der Waals surface area contributed by atoms with Crippen LogP contribution in [0.15, 0.2) is 22.6 Å². The van der Waals surface area contributed by atoms with Gasteiger partial charge in [0.2, 0.25) is 0 Å². The maximum absolute atomic E-state index is 12.6. The van der Waals surface area contributed by atoms with E-state index in [-0.39, 0.29) is 23.9 Å². The fraction of sp³-hybridized carbons (Fsp3) is 0.571. The van der Waals surface area contributed by atoms with Gasteiger partial charge in [-0.2, -0.15) is 0 Å². The lowest BCUT2D eigenvalue weighted by atomic mass is 9.86. The molecule has 0 spiro atoms. The Morgan fingerprint density at radius 3 is 2.50 bits per heavy atom. The first-order valence-corrected chi connectivity index (χ1v) is 10.2. The number of amides is 2. The number of carbonyl (C=O) groups is 2. The van der Waals surface area contributed by atoms with Crippen molar-refractivity contribution in [2.45, 2.75) is 57.4 Å². The summed E-state index contributed by atoms with van der Waals surface area (Å²) in [7, 11) is 0. The van der Waals surface area contributed by atoms with Crippen LogP contribution in [-0.2, 0) is 4.79 Å². The Hall–Kier alpha value is -2.57. The van der Waals surface area contributed by atoms with Crippen LogP contribution in [0.4, 0.5) is 4.79 Å². The van der Waals surface area contributed by atoms with Crippen LogP contribution in [0.3, 0.4) is 0 Å². The van der Waals surface area contributed by atoms with Crippen LogP contribution in [-0.4, -0.2) is 46.1 Å². The minimum Gasteiger partial charge on any atom is -0.481 e. The van der Waals surface area contributed by atoms with Crippen molar-refractivity contribution in [3.63, 3.8) is 0 Å². The molecule has 0 unspecified atom stereocenters. The van der Waals surface area contributed by atoms with Crippen molar-refractivity contribution in [1.29, 1.82) is 0 Å². The van der Waals surface area contributed by atoms with E-state index in [1.165, 1.54) is 0 Å². The zero-order valence-electron chi connectivity index (χ0n) is 16.2. The minimum absolute atomic E-state index is 0.0364. The van der Waals surface area contributed by atoms with Crippen molar-refractivity contribution in [3.8, 4) is 0 Å². The van der Waals surface area contributed by atoms with Crippen LogP contribution in [0.5, 0.6) is 0 Å². The van der Waals surface area contributed by atoms with Crippen LogP contribution < -0.4 is 5.32 Å². The first-order valence-electron chi connectivity index (χ1n) is 10.2. The number of hydrogen-bond acceptors (Lipinski definition) is 4. The highest BCUT2D eigenvalue weighted by Crippen LogP contribution is 2.31. The van der Waals surface area contributed by atoms with E-state index in [4.69, 9.17) is 9.52 Å². The predicted molar refractivity (Wildman–Crippen MR) is 104 cm³/mol. The van der Waals surface area contributed by atoms with Crippen molar-refractivity contribution >= 4 is 23.1 Å². The van der Waals surface area contributed by atoms with Crippen LogP contribution >= 0.6 is 0 Å². The number of nitrogens with zero attached hydrogens (tertiary/aromatic N) is 2. The molecule has 0 radical (unpaired) electrons. The number of carboxylic acids is 1. The normalized spacial score (nSPS) is 23.7. The molecule has 0 atom stereocenters. The lowest BCUT2D eigenvalue weighted by Gasteiger charge is -2.33. The average molecular weight is 385 g/mol. The van der Waals surface area contributed by atoms with Crippen LogP contribution in [0, 0.1) is 12.8 Å². The van der Waals surface area contributed by atoms with Gasteiger partial charge in [0, 0.05) is 25.0 Å². The average Bonchev–Trinajstić information content (AvgIpc) is 3.14. The van der Waals surface area contributed by atoms with Gasteiger partial charge in [0.25, 0.3) is 0 Å². The van der Waals surface area contributed by atoms with E-state index in [1.54, 1.807) is 0 Å². The number of rotatable bonds is 3. The Morgan fingerprint density at radius 2 is 1.86 bits per heavy atom. The molecule has 2 aromatic rings. The lowest BCUT2D eigenvalue weighted by molar-refractivity contribution is -0.142. The number of nitrogens with one attached hydrogen (secondary N) is 1. The molecule has 1 aliphatic heterocycles. The Kier molecular flexibility index (Phi) is 5.24. The summed E-state index contributed by atoms with van der Waals surface area (Å²) < 4.78 is 6.01. The van der Waals surface area contributed by atoms with E-state index in [0.29, 0.717) is 25.9 Å². The van der Waals surface area contributed by atoms with Crippen molar-refractivity contribution in [2.75, 3.05) is 13.1 Å². The second kappa shape index (κ2) is 7.81. The highest BCUT2D eigenvalue weighted by Gasteiger charge is 2.30. The van der Waals surface area contributed by atoms with Crippen molar-refractivity contribution < 1.29 is 19.1 Å². The number of aryl methyl sites for hydroxylation is 1. The summed E-state index contributed by atoms with van der Waals surface area (Å²) in [5, 5.41) is 12.2. The SMILES string of the molecule is Cc1cccc2nc(C3CCN(C(=O)NC4CCC(C(=O)O)CC4)CC3)oc12. The largest absolute Gasteiger partial charge is 0.481 e. The number of urea groups is 1. The third-order valence-electron chi connectivity index (χ3n) is 6.16. The summed E-state index contributed by atoms with van der Waals surface area (Å²) in [5.74, 6) is 0.0308. The smallest absolute Gasteiger partial charge is 0.317 e. The summed E-state index contributed by atoms with van der Waals surface area (Å²) in [6, 6.07) is 6.03. The molecule has 1 saturated heterocycles. The van der Waals surface area contributed by atoms with E-state index in [9.17, 15) is 9.59 Å². The molecule has 2 aliphatic rings. The van der Waals surface area contributed by atoms with E-state index >= 15 is 0 Å². The Balaban J connectivity index is 1.29. The van der Waals surface area contributed by atoms with Gasteiger partial charge in [0.1, 0.15) is 5.52 Å². The molecule has 2 N–H and O–H groups in total. The van der Waals surface area contributed by atoms with Gasteiger partial charge in [0.15, 0.2) is 11.5 Å². The maximum Gasteiger partial charge on any atom is 0.317 e. The molecule has 150 valence electrons. The number of piperidine rings is 1. The van der Waals surface area contributed by atoms with Gasteiger partial charge >= 0.3 is 12.0 Å².